The smallest absolute Gasteiger partial charge is 0.0729 e. The van der Waals surface area contributed by atoms with Crippen LogP contribution in [0, 0.1) is 13.8 Å². The van der Waals surface area contributed by atoms with Gasteiger partial charge < -0.3 is 0 Å². The lowest BCUT2D eigenvalue weighted by atomic mass is 9.97. The van der Waals surface area contributed by atoms with Gasteiger partial charge in [0.2, 0.25) is 0 Å². The maximum Gasteiger partial charge on any atom is 0.0729 e. The van der Waals surface area contributed by atoms with Gasteiger partial charge in [0.05, 0.1) is 22.9 Å². The van der Waals surface area contributed by atoms with Crippen molar-refractivity contribution in [1.29, 1.82) is 0 Å². The lowest BCUT2D eigenvalue weighted by molar-refractivity contribution is 0.626. The minimum absolute atomic E-state index is 0.134. The van der Waals surface area contributed by atoms with Crippen LogP contribution in [-0.2, 0) is 0 Å². The third-order valence-electron chi connectivity index (χ3n) is 3.58. The summed E-state index contributed by atoms with van der Waals surface area (Å²) in [5, 5.41) is 9.35. The molecule has 5 nitrogen and oxygen atoms in total. The van der Waals surface area contributed by atoms with Crippen LogP contribution in [0.1, 0.15) is 28.6 Å². The maximum atomic E-state index is 5.78. The molecule has 0 aliphatic heterocycles. The standard InChI is InChI=1S/C16H17N5/c1-10-8-14(11(2)21-20-10)16(19-17)13-6-5-12-4-3-7-18-15(12)9-13/h3-9,16,19H,17H2,1-2H3. The fraction of sp³-hybridized carbons (Fsp3) is 0.188. The Kier molecular flexibility index (Phi) is 3.60. The second-order valence-corrected chi connectivity index (χ2v) is 5.08. The molecule has 1 atom stereocenters. The number of rotatable bonds is 3. The van der Waals surface area contributed by atoms with Gasteiger partial charge in [-0.2, -0.15) is 10.2 Å². The average molecular weight is 279 g/mol. The van der Waals surface area contributed by atoms with Crippen molar-refractivity contribution in [3.63, 3.8) is 0 Å². The maximum absolute atomic E-state index is 5.78. The number of aryl methyl sites for hydroxylation is 2. The van der Waals surface area contributed by atoms with Crippen molar-refractivity contribution >= 4 is 10.9 Å². The number of nitrogens with two attached hydrogens (primary N) is 1. The molecule has 3 N–H and O–H groups in total. The Labute approximate surface area is 123 Å². The quantitative estimate of drug-likeness (QED) is 0.567. The van der Waals surface area contributed by atoms with E-state index in [1.807, 2.05) is 32.0 Å². The van der Waals surface area contributed by atoms with Gasteiger partial charge in [-0.25, -0.2) is 5.43 Å². The van der Waals surface area contributed by atoms with Crippen molar-refractivity contribution in [3.8, 4) is 0 Å². The van der Waals surface area contributed by atoms with Crippen LogP contribution < -0.4 is 11.3 Å². The molecule has 0 aliphatic carbocycles. The van der Waals surface area contributed by atoms with E-state index in [1.165, 1.54) is 0 Å². The highest BCUT2D eigenvalue weighted by Gasteiger charge is 2.16. The summed E-state index contributed by atoms with van der Waals surface area (Å²) in [6.07, 6.45) is 1.79. The number of hydrogen-bond acceptors (Lipinski definition) is 5. The summed E-state index contributed by atoms with van der Waals surface area (Å²) in [6, 6.07) is 12.0. The van der Waals surface area contributed by atoms with Crippen molar-refractivity contribution < 1.29 is 0 Å². The summed E-state index contributed by atoms with van der Waals surface area (Å²) < 4.78 is 0. The molecule has 0 aliphatic rings. The van der Waals surface area contributed by atoms with Crippen LogP contribution in [0.2, 0.25) is 0 Å². The highest BCUT2D eigenvalue weighted by Crippen LogP contribution is 2.25. The Morgan fingerprint density at radius 2 is 1.95 bits per heavy atom. The Morgan fingerprint density at radius 1 is 1.10 bits per heavy atom. The Morgan fingerprint density at radius 3 is 2.76 bits per heavy atom. The third kappa shape index (κ3) is 2.61. The summed E-state index contributed by atoms with van der Waals surface area (Å²) in [4.78, 5) is 4.40. The molecule has 2 aromatic heterocycles. The zero-order valence-electron chi connectivity index (χ0n) is 12.0. The highest BCUT2D eigenvalue weighted by atomic mass is 15.2. The van der Waals surface area contributed by atoms with Gasteiger partial charge >= 0.3 is 0 Å². The first-order valence-corrected chi connectivity index (χ1v) is 6.80. The zero-order valence-corrected chi connectivity index (χ0v) is 12.0. The van der Waals surface area contributed by atoms with Crippen LogP contribution in [0.3, 0.4) is 0 Å². The second kappa shape index (κ2) is 5.55. The lowest BCUT2D eigenvalue weighted by Gasteiger charge is -2.19. The van der Waals surface area contributed by atoms with Crippen LogP contribution in [-0.4, -0.2) is 15.2 Å². The number of nitrogens with zero attached hydrogens (tertiary/aromatic N) is 3. The summed E-state index contributed by atoms with van der Waals surface area (Å²) in [5.74, 6) is 5.78. The largest absolute Gasteiger partial charge is 0.271 e. The molecular formula is C16H17N5. The highest BCUT2D eigenvalue weighted by molar-refractivity contribution is 5.79. The molecule has 1 unspecified atom stereocenters. The van der Waals surface area contributed by atoms with Gasteiger partial charge in [-0.05, 0) is 43.2 Å². The van der Waals surface area contributed by atoms with Gasteiger partial charge in [-0.15, -0.1) is 0 Å². The molecule has 0 radical (unpaired) electrons. The molecule has 0 fully saturated rings. The summed E-state index contributed by atoms with van der Waals surface area (Å²) in [6.45, 7) is 3.86. The van der Waals surface area contributed by atoms with Gasteiger partial charge in [-0.3, -0.25) is 10.8 Å². The molecule has 0 saturated carbocycles. The van der Waals surface area contributed by atoms with Gasteiger partial charge in [-0.1, -0.05) is 18.2 Å². The van der Waals surface area contributed by atoms with Crippen LogP contribution in [0.15, 0.2) is 42.6 Å². The van der Waals surface area contributed by atoms with E-state index in [-0.39, 0.29) is 6.04 Å². The van der Waals surface area contributed by atoms with E-state index >= 15 is 0 Å². The van der Waals surface area contributed by atoms with E-state index in [1.54, 1.807) is 6.20 Å². The fourth-order valence-corrected chi connectivity index (χ4v) is 2.49. The van der Waals surface area contributed by atoms with E-state index in [9.17, 15) is 0 Å². The monoisotopic (exact) mass is 279 g/mol. The molecule has 106 valence electrons. The third-order valence-corrected chi connectivity index (χ3v) is 3.58. The minimum Gasteiger partial charge on any atom is -0.271 e. The van der Waals surface area contributed by atoms with E-state index in [4.69, 9.17) is 5.84 Å². The Hall–Kier alpha value is -2.37. The lowest BCUT2D eigenvalue weighted by Crippen LogP contribution is -2.29. The molecule has 1 aromatic carbocycles. The van der Waals surface area contributed by atoms with E-state index in [2.05, 4.69) is 38.8 Å². The predicted octanol–water partition coefficient (Wildman–Crippen LogP) is 2.19. The molecule has 5 heteroatoms. The van der Waals surface area contributed by atoms with Crippen LogP contribution in [0.5, 0.6) is 0 Å². The van der Waals surface area contributed by atoms with Gasteiger partial charge in [0, 0.05) is 11.6 Å². The fourth-order valence-electron chi connectivity index (χ4n) is 2.49. The van der Waals surface area contributed by atoms with Gasteiger partial charge in [0.15, 0.2) is 0 Å². The van der Waals surface area contributed by atoms with E-state index < -0.39 is 0 Å². The van der Waals surface area contributed by atoms with Crippen molar-refractivity contribution in [2.75, 3.05) is 0 Å². The molecule has 3 aromatic rings. The SMILES string of the molecule is Cc1cc(C(NN)c2ccc3cccnc3c2)c(C)nn1. The first-order chi connectivity index (χ1) is 10.2. The Bertz CT molecular complexity index is 784. The Balaban J connectivity index is 2.11. The zero-order chi connectivity index (χ0) is 14.8. The van der Waals surface area contributed by atoms with E-state index in [0.29, 0.717) is 0 Å². The second-order valence-electron chi connectivity index (χ2n) is 5.08. The van der Waals surface area contributed by atoms with Gasteiger partial charge in [0.25, 0.3) is 0 Å². The minimum atomic E-state index is -0.134. The number of aromatic nitrogens is 3. The van der Waals surface area contributed by atoms with Crippen LogP contribution in [0.25, 0.3) is 10.9 Å². The molecule has 21 heavy (non-hydrogen) atoms. The number of nitrogens with one attached hydrogen (secondary N) is 1. The first-order valence-electron chi connectivity index (χ1n) is 6.80. The molecule has 3 rings (SSSR count). The van der Waals surface area contributed by atoms with Crippen molar-refractivity contribution in [1.82, 2.24) is 20.6 Å². The topological polar surface area (TPSA) is 76.7 Å². The molecular weight excluding hydrogens is 262 g/mol. The van der Waals surface area contributed by atoms with E-state index in [0.717, 1.165) is 33.4 Å². The molecule has 0 saturated heterocycles. The predicted molar refractivity (Wildman–Crippen MR) is 82.4 cm³/mol. The van der Waals surface area contributed by atoms with Gasteiger partial charge in [0.1, 0.15) is 0 Å². The number of pyridine rings is 1. The van der Waals surface area contributed by atoms with Crippen molar-refractivity contribution in [3.05, 3.63) is 65.1 Å². The molecule has 0 spiro atoms. The van der Waals surface area contributed by atoms with Crippen molar-refractivity contribution in [2.24, 2.45) is 5.84 Å². The number of fused-ring (bicyclic) bond motifs is 1. The number of hydrogen-bond donors (Lipinski definition) is 2. The summed E-state index contributed by atoms with van der Waals surface area (Å²) in [5.41, 5.74) is 7.64. The normalized spacial score (nSPS) is 12.5. The molecule has 2 heterocycles. The van der Waals surface area contributed by atoms with Crippen LogP contribution in [0.4, 0.5) is 0 Å². The molecule has 0 bridgehead atoms. The molecule has 0 amide bonds. The number of benzene rings is 1. The van der Waals surface area contributed by atoms with Crippen molar-refractivity contribution in [2.45, 2.75) is 19.9 Å². The van der Waals surface area contributed by atoms with Crippen LogP contribution >= 0.6 is 0 Å². The first kappa shape index (κ1) is 13.6. The number of hydrazine groups is 1. The summed E-state index contributed by atoms with van der Waals surface area (Å²) in [7, 11) is 0. The summed E-state index contributed by atoms with van der Waals surface area (Å²) >= 11 is 0. The average Bonchev–Trinajstić information content (AvgIpc) is 2.51.